The standard InChI is InChI=1S/C41H28.CH4/c1-27-14-16-30(17-15-27)33-22-23-38-39(26-33)41(35-21-19-29-9-3-5-11-32(29)25-35)37-13-7-6-12-36(37)40(38)34-20-18-28-8-2-4-10-31(28)24-34;/h2-26H,1H3;1H4. The summed E-state index contributed by atoms with van der Waals surface area (Å²) < 4.78 is 0. The zero-order valence-corrected chi connectivity index (χ0v) is 22.9. The molecule has 0 radical (unpaired) electrons. The first-order valence-corrected chi connectivity index (χ1v) is 14.3. The Kier molecular flexibility index (Phi) is 6.33. The van der Waals surface area contributed by atoms with Gasteiger partial charge in [-0.15, -0.1) is 0 Å². The highest BCUT2D eigenvalue weighted by Gasteiger charge is 2.18. The molecule has 0 spiro atoms. The molecular formula is C42H32. The third-order valence-corrected chi connectivity index (χ3v) is 8.49. The fraction of sp³-hybridized carbons (Fsp3) is 0.0476. The van der Waals surface area contributed by atoms with Crippen LogP contribution in [0.15, 0.2) is 152 Å². The van der Waals surface area contributed by atoms with Gasteiger partial charge in [-0.3, -0.25) is 0 Å². The Bertz CT molecular complexity index is 2250. The van der Waals surface area contributed by atoms with Crippen LogP contribution in [-0.2, 0) is 0 Å². The van der Waals surface area contributed by atoms with Gasteiger partial charge in [-0.05, 0) is 102 Å². The van der Waals surface area contributed by atoms with Crippen molar-refractivity contribution in [3.63, 3.8) is 0 Å². The van der Waals surface area contributed by atoms with Crippen LogP contribution in [0.5, 0.6) is 0 Å². The molecule has 0 bridgehead atoms. The van der Waals surface area contributed by atoms with Crippen LogP contribution >= 0.6 is 0 Å². The highest BCUT2D eigenvalue weighted by molar-refractivity contribution is 6.22. The summed E-state index contributed by atoms with van der Waals surface area (Å²) in [6, 6.07) is 55.9. The summed E-state index contributed by atoms with van der Waals surface area (Å²) in [6.07, 6.45) is 0. The number of hydrogen-bond donors (Lipinski definition) is 0. The van der Waals surface area contributed by atoms with Gasteiger partial charge in [0, 0.05) is 0 Å². The summed E-state index contributed by atoms with van der Waals surface area (Å²) in [5, 5.41) is 10.2. The lowest BCUT2D eigenvalue weighted by atomic mass is 9.84. The van der Waals surface area contributed by atoms with Crippen molar-refractivity contribution in [2.24, 2.45) is 0 Å². The Morgan fingerprint density at radius 3 is 1.31 bits per heavy atom. The lowest BCUT2D eigenvalue weighted by molar-refractivity contribution is 1.47. The Hall–Kier alpha value is -5.20. The molecule has 8 aromatic rings. The van der Waals surface area contributed by atoms with Crippen molar-refractivity contribution in [1.29, 1.82) is 0 Å². The van der Waals surface area contributed by atoms with E-state index in [4.69, 9.17) is 0 Å². The second kappa shape index (κ2) is 10.3. The molecule has 0 saturated carbocycles. The van der Waals surface area contributed by atoms with Gasteiger partial charge in [0.25, 0.3) is 0 Å². The highest BCUT2D eigenvalue weighted by atomic mass is 14.2. The Balaban J connectivity index is 0.00000288. The van der Waals surface area contributed by atoms with Gasteiger partial charge in [0.15, 0.2) is 0 Å². The normalized spacial score (nSPS) is 11.3. The summed E-state index contributed by atoms with van der Waals surface area (Å²) in [5.41, 5.74) is 8.83. The van der Waals surface area contributed by atoms with Gasteiger partial charge in [0.1, 0.15) is 0 Å². The van der Waals surface area contributed by atoms with E-state index in [0.29, 0.717) is 0 Å². The molecule has 8 rings (SSSR count). The van der Waals surface area contributed by atoms with E-state index in [1.807, 2.05) is 0 Å². The number of rotatable bonds is 3. The Labute approximate surface area is 247 Å². The molecule has 0 nitrogen and oxygen atoms in total. The van der Waals surface area contributed by atoms with Crippen LogP contribution in [0.2, 0.25) is 0 Å². The van der Waals surface area contributed by atoms with Crippen molar-refractivity contribution in [3.8, 4) is 33.4 Å². The average Bonchev–Trinajstić information content (AvgIpc) is 3.03. The first-order valence-electron chi connectivity index (χ1n) is 14.3. The molecule has 0 aliphatic carbocycles. The van der Waals surface area contributed by atoms with Gasteiger partial charge in [-0.1, -0.05) is 146 Å². The molecule has 8 aromatic carbocycles. The summed E-state index contributed by atoms with van der Waals surface area (Å²) >= 11 is 0. The summed E-state index contributed by atoms with van der Waals surface area (Å²) in [6.45, 7) is 2.14. The monoisotopic (exact) mass is 536 g/mol. The van der Waals surface area contributed by atoms with Crippen molar-refractivity contribution >= 4 is 43.1 Å². The minimum Gasteiger partial charge on any atom is -0.0776 e. The molecule has 0 heteroatoms. The first-order chi connectivity index (χ1) is 20.2. The minimum atomic E-state index is 0. The van der Waals surface area contributed by atoms with Gasteiger partial charge >= 0.3 is 0 Å². The number of fused-ring (bicyclic) bond motifs is 4. The molecule has 0 aliphatic heterocycles. The van der Waals surface area contributed by atoms with Crippen molar-refractivity contribution in [1.82, 2.24) is 0 Å². The molecule has 0 aromatic heterocycles. The third kappa shape index (κ3) is 4.24. The van der Waals surface area contributed by atoms with Gasteiger partial charge in [-0.25, -0.2) is 0 Å². The van der Waals surface area contributed by atoms with E-state index < -0.39 is 0 Å². The molecule has 0 unspecified atom stereocenters. The Morgan fingerprint density at radius 1 is 0.310 bits per heavy atom. The minimum absolute atomic E-state index is 0. The maximum Gasteiger partial charge on any atom is -0.00259 e. The predicted molar refractivity (Wildman–Crippen MR) is 184 cm³/mol. The van der Waals surface area contributed by atoms with Crippen molar-refractivity contribution in [2.75, 3.05) is 0 Å². The number of aryl methyl sites for hydroxylation is 1. The van der Waals surface area contributed by atoms with E-state index in [9.17, 15) is 0 Å². The SMILES string of the molecule is C.Cc1ccc(-c2ccc3c(-c4ccc5ccccc5c4)c4ccccc4c(-c4ccc5ccccc5c4)c3c2)cc1. The predicted octanol–water partition coefficient (Wildman–Crippen LogP) is 12.2. The van der Waals surface area contributed by atoms with E-state index in [-0.39, 0.29) is 7.43 Å². The van der Waals surface area contributed by atoms with E-state index >= 15 is 0 Å². The van der Waals surface area contributed by atoms with Gasteiger partial charge in [0.2, 0.25) is 0 Å². The quantitative estimate of drug-likeness (QED) is 0.197. The fourth-order valence-electron chi connectivity index (χ4n) is 6.42. The van der Waals surface area contributed by atoms with E-state index in [1.54, 1.807) is 0 Å². The van der Waals surface area contributed by atoms with Gasteiger partial charge in [-0.2, -0.15) is 0 Å². The van der Waals surface area contributed by atoms with Crippen LogP contribution in [0.3, 0.4) is 0 Å². The van der Waals surface area contributed by atoms with Crippen molar-refractivity contribution in [3.05, 3.63) is 157 Å². The molecular weight excluding hydrogens is 504 g/mol. The summed E-state index contributed by atoms with van der Waals surface area (Å²) in [5.74, 6) is 0. The summed E-state index contributed by atoms with van der Waals surface area (Å²) in [7, 11) is 0. The molecule has 0 atom stereocenters. The van der Waals surface area contributed by atoms with Crippen molar-refractivity contribution < 1.29 is 0 Å². The fourth-order valence-corrected chi connectivity index (χ4v) is 6.42. The zero-order chi connectivity index (χ0) is 27.3. The largest absolute Gasteiger partial charge is 0.0776 e. The van der Waals surface area contributed by atoms with E-state index in [2.05, 4.69) is 159 Å². The number of benzene rings is 8. The molecule has 0 N–H and O–H groups in total. The van der Waals surface area contributed by atoms with Gasteiger partial charge in [0.05, 0.1) is 0 Å². The second-order valence-corrected chi connectivity index (χ2v) is 11.0. The van der Waals surface area contributed by atoms with Crippen molar-refractivity contribution in [2.45, 2.75) is 14.4 Å². The molecule has 0 amide bonds. The van der Waals surface area contributed by atoms with Gasteiger partial charge < -0.3 is 0 Å². The number of hydrogen-bond acceptors (Lipinski definition) is 0. The van der Waals surface area contributed by atoms with Crippen LogP contribution in [-0.4, -0.2) is 0 Å². The maximum absolute atomic E-state index is 2.40. The molecule has 200 valence electrons. The first kappa shape index (κ1) is 25.7. The van der Waals surface area contributed by atoms with E-state index in [1.165, 1.54) is 82.0 Å². The second-order valence-electron chi connectivity index (χ2n) is 11.0. The lowest BCUT2D eigenvalue weighted by Gasteiger charge is -2.19. The smallest absolute Gasteiger partial charge is 0.00259 e. The van der Waals surface area contributed by atoms with Crippen LogP contribution in [0.1, 0.15) is 13.0 Å². The third-order valence-electron chi connectivity index (χ3n) is 8.49. The lowest BCUT2D eigenvalue weighted by Crippen LogP contribution is -1.92. The van der Waals surface area contributed by atoms with Crippen LogP contribution in [0, 0.1) is 6.92 Å². The molecule has 0 saturated heterocycles. The summed E-state index contributed by atoms with van der Waals surface area (Å²) in [4.78, 5) is 0. The zero-order valence-electron chi connectivity index (χ0n) is 22.9. The average molecular weight is 537 g/mol. The Morgan fingerprint density at radius 2 is 0.738 bits per heavy atom. The molecule has 0 aliphatic rings. The maximum atomic E-state index is 2.40. The highest BCUT2D eigenvalue weighted by Crippen LogP contribution is 2.45. The van der Waals surface area contributed by atoms with Crippen LogP contribution in [0.25, 0.3) is 76.5 Å². The molecule has 0 fully saturated rings. The van der Waals surface area contributed by atoms with Crippen LogP contribution < -0.4 is 0 Å². The topological polar surface area (TPSA) is 0 Å². The van der Waals surface area contributed by atoms with Crippen LogP contribution in [0.4, 0.5) is 0 Å². The molecule has 42 heavy (non-hydrogen) atoms. The van der Waals surface area contributed by atoms with E-state index in [0.717, 1.165) is 0 Å². The molecule has 0 heterocycles.